The molecule has 0 bridgehead atoms. The smallest absolute Gasteiger partial charge is 0.338 e. The molecule has 0 aliphatic rings. The fraction of sp³-hybridized carbons (Fsp3) is 0.300. The number of esters is 1. The highest BCUT2D eigenvalue weighted by molar-refractivity contribution is 5.91. The quantitative estimate of drug-likeness (QED) is 0.718. The molecule has 2 aromatic rings. The van der Waals surface area contributed by atoms with Crippen molar-refractivity contribution in [2.45, 2.75) is 13.3 Å². The number of ether oxygens (including phenoxy) is 3. The molecule has 0 radical (unpaired) electrons. The molecule has 1 amide bonds. The van der Waals surface area contributed by atoms with Crippen LogP contribution < -0.4 is 14.8 Å². The highest BCUT2D eigenvalue weighted by Crippen LogP contribution is 2.27. The summed E-state index contributed by atoms with van der Waals surface area (Å²) in [6.45, 7) is 1.53. The summed E-state index contributed by atoms with van der Waals surface area (Å²) in [6.07, 6.45) is 0.573. The van der Waals surface area contributed by atoms with Crippen LogP contribution in [0.2, 0.25) is 0 Å². The third kappa shape index (κ3) is 5.70. The first kappa shape index (κ1) is 20.2. The zero-order chi connectivity index (χ0) is 19.8. The normalized spacial score (nSPS) is 10.2. The van der Waals surface area contributed by atoms with E-state index in [1.807, 2.05) is 12.1 Å². The molecule has 0 spiro atoms. The van der Waals surface area contributed by atoms with E-state index in [9.17, 15) is 14.0 Å². The summed E-state index contributed by atoms with van der Waals surface area (Å²) >= 11 is 0. The first-order valence-electron chi connectivity index (χ1n) is 8.35. The van der Waals surface area contributed by atoms with Gasteiger partial charge in [-0.2, -0.15) is 0 Å². The Kier molecular flexibility index (Phi) is 7.16. The second-order valence-corrected chi connectivity index (χ2v) is 5.83. The molecule has 0 heterocycles. The standard InChI is InChI=1S/C20H22FNO5/c1-13-4-6-15(11-16(13)21)20(24)27-12-19(23)22-9-8-14-5-7-17(25-2)18(10-14)26-3/h4-7,10-11H,8-9,12H2,1-3H3,(H,22,23). The molecule has 1 N–H and O–H groups in total. The van der Waals surface area contributed by atoms with E-state index in [1.54, 1.807) is 27.2 Å². The second kappa shape index (κ2) is 9.56. The lowest BCUT2D eigenvalue weighted by molar-refractivity contribution is -0.124. The number of hydrogen-bond donors (Lipinski definition) is 1. The van der Waals surface area contributed by atoms with E-state index >= 15 is 0 Å². The van der Waals surface area contributed by atoms with Crippen molar-refractivity contribution in [3.05, 3.63) is 58.9 Å². The van der Waals surface area contributed by atoms with Gasteiger partial charge in [0.2, 0.25) is 0 Å². The van der Waals surface area contributed by atoms with Gasteiger partial charge in [-0.15, -0.1) is 0 Å². The summed E-state index contributed by atoms with van der Waals surface area (Å²) in [4.78, 5) is 23.7. The van der Waals surface area contributed by atoms with Crippen molar-refractivity contribution in [3.63, 3.8) is 0 Å². The molecule has 0 atom stereocenters. The molecular weight excluding hydrogens is 353 g/mol. The van der Waals surface area contributed by atoms with Gasteiger partial charge in [-0.1, -0.05) is 12.1 Å². The number of nitrogens with one attached hydrogen (secondary N) is 1. The number of carbonyl (C=O) groups is 2. The summed E-state index contributed by atoms with van der Waals surface area (Å²) in [7, 11) is 3.11. The minimum Gasteiger partial charge on any atom is -0.493 e. The molecule has 0 saturated carbocycles. The van der Waals surface area contributed by atoms with Crippen LogP contribution >= 0.6 is 0 Å². The number of amides is 1. The van der Waals surface area contributed by atoms with Crippen molar-refractivity contribution in [1.82, 2.24) is 5.32 Å². The first-order valence-corrected chi connectivity index (χ1v) is 8.35. The van der Waals surface area contributed by atoms with Gasteiger partial charge in [0, 0.05) is 6.54 Å². The third-order valence-corrected chi connectivity index (χ3v) is 3.93. The minimum atomic E-state index is -0.746. The summed E-state index contributed by atoms with van der Waals surface area (Å²) in [5, 5.41) is 2.66. The number of methoxy groups -OCH3 is 2. The molecule has 2 aromatic carbocycles. The van der Waals surface area contributed by atoms with Crippen LogP contribution in [-0.4, -0.2) is 39.2 Å². The summed E-state index contributed by atoms with van der Waals surface area (Å²) in [5.41, 5.74) is 1.45. The zero-order valence-electron chi connectivity index (χ0n) is 15.5. The Bertz CT molecular complexity index is 822. The Morgan fingerprint density at radius 1 is 1.04 bits per heavy atom. The topological polar surface area (TPSA) is 73.9 Å². The van der Waals surface area contributed by atoms with Gasteiger partial charge >= 0.3 is 5.97 Å². The van der Waals surface area contributed by atoms with E-state index in [0.29, 0.717) is 30.0 Å². The fourth-order valence-corrected chi connectivity index (χ4v) is 2.37. The highest BCUT2D eigenvalue weighted by atomic mass is 19.1. The van der Waals surface area contributed by atoms with Gasteiger partial charge in [0.15, 0.2) is 18.1 Å². The highest BCUT2D eigenvalue weighted by Gasteiger charge is 2.12. The van der Waals surface area contributed by atoms with Crippen molar-refractivity contribution < 1.29 is 28.2 Å². The molecule has 0 aromatic heterocycles. The molecular formula is C20H22FNO5. The predicted molar refractivity (Wildman–Crippen MR) is 97.7 cm³/mol. The van der Waals surface area contributed by atoms with Crippen LogP contribution in [0.25, 0.3) is 0 Å². The molecule has 0 aliphatic heterocycles. The van der Waals surface area contributed by atoms with E-state index in [4.69, 9.17) is 14.2 Å². The number of aryl methyl sites for hydroxylation is 1. The summed E-state index contributed by atoms with van der Waals surface area (Å²) in [5.74, 6) is -0.436. The van der Waals surface area contributed by atoms with Crippen molar-refractivity contribution >= 4 is 11.9 Å². The molecule has 0 fully saturated rings. The molecule has 0 aliphatic carbocycles. The Balaban J connectivity index is 1.77. The molecule has 0 saturated heterocycles. The van der Waals surface area contributed by atoms with E-state index in [-0.39, 0.29) is 5.56 Å². The minimum absolute atomic E-state index is 0.0660. The van der Waals surface area contributed by atoms with Crippen molar-refractivity contribution in [2.24, 2.45) is 0 Å². The number of carbonyl (C=O) groups excluding carboxylic acids is 2. The van der Waals surface area contributed by atoms with Gasteiger partial charge in [-0.05, 0) is 48.7 Å². The number of halogens is 1. The van der Waals surface area contributed by atoms with Crippen molar-refractivity contribution in [3.8, 4) is 11.5 Å². The molecule has 7 heteroatoms. The first-order chi connectivity index (χ1) is 12.9. The van der Waals surface area contributed by atoms with Gasteiger partial charge in [0.05, 0.1) is 19.8 Å². The van der Waals surface area contributed by atoms with Crippen LogP contribution in [0.5, 0.6) is 11.5 Å². The molecule has 144 valence electrons. The number of benzene rings is 2. The Morgan fingerprint density at radius 3 is 2.44 bits per heavy atom. The van der Waals surface area contributed by atoms with Crippen LogP contribution in [0, 0.1) is 12.7 Å². The van der Waals surface area contributed by atoms with Crippen LogP contribution in [0.15, 0.2) is 36.4 Å². The van der Waals surface area contributed by atoms with Crippen molar-refractivity contribution in [2.75, 3.05) is 27.4 Å². The summed E-state index contributed by atoms with van der Waals surface area (Å²) in [6, 6.07) is 9.52. The molecule has 2 rings (SSSR count). The monoisotopic (exact) mass is 375 g/mol. The maximum Gasteiger partial charge on any atom is 0.338 e. The largest absolute Gasteiger partial charge is 0.493 e. The maximum absolute atomic E-state index is 13.5. The van der Waals surface area contributed by atoms with Crippen LogP contribution in [-0.2, 0) is 16.0 Å². The Hall–Kier alpha value is -3.09. The average Bonchev–Trinajstić information content (AvgIpc) is 2.68. The van der Waals surface area contributed by atoms with E-state index < -0.39 is 24.3 Å². The van der Waals surface area contributed by atoms with Gasteiger partial charge in [-0.3, -0.25) is 4.79 Å². The lowest BCUT2D eigenvalue weighted by Gasteiger charge is -2.10. The zero-order valence-corrected chi connectivity index (χ0v) is 15.5. The van der Waals surface area contributed by atoms with Crippen molar-refractivity contribution in [1.29, 1.82) is 0 Å². The Morgan fingerprint density at radius 2 is 1.78 bits per heavy atom. The van der Waals surface area contributed by atoms with E-state index in [0.717, 1.165) is 11.6 Å². The van der Waals surface area contributed by atoms with Crippen LogP contribution in [0.4, 0.5) is 4.39 Å². The van der Waals surface area contributed by atoms with Crippen LogP contribution in [0.3, 0.4) is 0 Å². The lowest BCUT2D eigenvalue weighted by atomic mass is 10.1. The van der Waals surface area contributed by atoms with Gasteiger partial charge in [-0.25, -0.2) is 9.18 Å². The van der Waals surface area contributed by atoms with E-state index in [1.165, 1.54) is 12.1 Å². The molecule has 6 nitrogen and oxygen atoms in total. The van der Waals surface area contributed by atoms with Gasteiger partial charge in [0.25, 0.3) is 5.91 Å². The SMILES string of the molecule is COc1ccc(CCNC(=O)COC(=O)c2ccc(C)c(F)c2)cc1OC. The number of hydrogen-bond acceptors (Lipinski definition) is 5. The molecule has 0 unspecified atom stereocenters. The average molecular weight is 375 g/mol. The maximum atomic E-state index is 13.5. The fourth-order valence-electron chi connectivity index (χ4n) is 2.37. The molecule has 27 heavy (non-hydrogen) atoms. The predicted octanol–water partition coefficient (Wildman–Crippen LogP) is 2.67. The van der Waals surface area contributed by atoms with E-state index in [2.05, 4.69) is 5.32 Å². The lowest BCUT2D eigenvalue weighted by Crippen LogP contribution is -2.30. The van der Waals surface area contributed by atoms with Gasteiger partial charge < -0.3 is 19.5 Å². The second-order valence-electron chi connectivity index (χ2n) is 5.83. The number of rotatable bonds is 8. The van der Waals surface area contributed by atoms with Gasteiger partial charge in [0.1, 0.15) is 5.82 Å². The van der Waals surface area contributed by atoms with Crippen LogP contribution in [0.1, 0.15) is 21.5 Å². The Labute approximate surface area is 157 Å². The summed E-state index contributed by atoms with van der Waals surface area (Å²) < 4.78 is 28.8. The third-order valence-electron chi connectivity index (χ3n) is 3.93.